The Morgan fingerprint density at radius 3 is 2.65 bits per heavy atom. The van der Waals surface area contributed by atoms with E-state index in [-0.39, 0.29) is 18.2 Å². The van der Waals surface area contributed by atoms with Gasteiger partial charge < -0.3 is 25.0 Å². The molecule has 0 atom stereocenters. The number of anilines is 3. The van der Waals surface area contributed by atoms with E-state index in [0.717, 1.165) is 37.0 Å². The second-order valence-corrected chi connectivity index (χ2v) is 9.30. The zero-order chi connectivity index (χ0) is 22.1. The van der Waals surface area contributed by atoms with Crippen LogP contribution in [0.1, 0.15) is 45.6 Å². The summed E-state index contributed by atoms with van der Waals surface area (Å²) in [4.78, 5) is 14.0. The SMILES string of the molecule is COc1cc(Nc2nc(NC3CCC(O)CC3)nc3c2ncn3C(C)C)cc(Br)c1Cl. The molecule has 2 aromatic heterocycles. The second-order valence-electron chi connectivity index (χ2n) is 8.06. The molecule has 0 spiro atoms. The fourth-order valence-electron chi connectivity index (χ4n) is 3.77. The third-order valence-electron chi connectivity index (χ3n) is 5.49. The molecule has 166 valence electrons. The van der Waals surface area contributed by atoms with Crippen molar-refractivity contribution in [3.63, 3.8) is 0 Å². The Morgan fingerprint density at radius 1 is 1.23 bits per heavy atom. The predicted octanol–water partition coefficient (Wildman–Crippen LogP) is 5.29. The Hall–Kier alpha value is -2.10. The minimum atomic E-state index is -0.209. The molecule has 0 bridgehead atoms. The largest absolute Gasteiger partial charge is 0.495 e. The first-order valence-electron chi connectivity index (χ1n) is 10.3. The summed E-state index contributed by atoms with van der Waals surface area (Å²) in [6.45, 7) is 4.18. The van der Waals surface area contributed by atoms with Gasteiger partial charge in [0.15, 0.2) is 17.0 Å². The molecule has 4 rings (SSSR count). The van der Waals surface area contributed by atoms with E-state index in [4.69, 9.17) is 26.3 Å². The van der Waals surface area contributed by atoms with Crippen LogP contribution < -0.4 is 15.4 Å². The van der Waals surface area contributed by atoms with Gasteiger partial charge >= 0.3 is 0 Å². The minimum absolute atomic E-state index is 0.204. The Bertz CT molecular complexity index is 1080. The first kappa shape index (κ1) is 22.1. The molecule has 0 amide bonds. The lowest BCUT2D eigenvalue weighted by Gasteiger charge is -2.26. The van der Waals surface area contributed by atoms with E-state index in [1.807, 2.05) is 16.7 Å². The van der Waals surface area contributed by atoms with Crippen LogP contribution in [0.5, 0.6) is 5.75 Å². The molecular weight excluding hydrogens is 484 g/mol. The molecule has 31 heavy (non-hydrogen) atoms. The summed E-state index contributed by atoms with van der Waals surface area (Å²) in [5.74, 6) is 1.69. The molecule has 0 aliphatic heterocycles. The molecule has 1 aliphatic rings. The van der Waals surface area contributed by atoms with Crippen molar-refractivity contribution in [2.45, 2.75) is 57.7 Å². The number of imidazole rings is 1. The van der Waals surface area contributed by atoms with Crippen molar-refractivity contribution in [3.8, 4) is 5.75 Å². The van der Waals surface area contributed by atoms with Gasteiger partial charge in [0.1, 0.15) is 5.75 Å². The first-order chi connectivity index (χ1) is 14.9. The minimum Gasteiger partial charge on any atom is -0.495 e. The van der Waals surface area contributed by atoms with Crippen LogP contribution in [-0.2, 0) is 0 Å². The number of aromatic nitrogens is 4. The van der Waals surface area contributed by atoms with Crippen molar-refractivity contribution in [2.24, 2.45) is 0 Å². The lowest BCUT2D eigenvalue weighted by molar-refractivity contribution is 0.126. The number of ether oxygens (including phenoxy) is 1. The summed E-state index contributed by atoms with van der Waals surface area (Å²) in [5, 5.41) is 17.1. The average Bonchev–Trinajstić information content (AvgIpc) is 3.17. The molecule has 1 fully saturated rings. The van der Waals surface area contributed by atoms with Crippen LogP contribution in [0.4, 0.5) is 17.5 Å². The van der Waals surface area contributed by atoms with Gasteiger partial charge in [-0.25, -0.2) is 4.98 Å². The number of nitrogens with zero attached hydrogens (tertiary/aromatic N) is 4. The van der Waals surface area contributed by atoms with Crippen molar-refractivity contribution in [3.05, 3.63) is 28.0 Å². The number of fused-ring (bicyclic) bond motifs is 1. The summed E-state index contributed by atoms with van der Waals surface area (Å²) < 4.78 is 8.11. The van der Waals surface area contributed by atoms with E-state index < -0.39 is 0 Å². The summed E-state index contributed by atoms with van der Waals surface area (Å²) in [5.41, 5.74) is 2.20. The highest BCUT2D eigenvalue weighted by atomic mass is 79.9. The van der Waals surface area contributed by atoms with Crippen LogP contribution in [0.3, 0.4) is 0 Å². The van der Waals surface area contributed by atoms with Gasteiger partial charge in [-0.3, -0.25) is 0 Å². The molecule has 0 radical (unpaired) electrons. The highest BCUT2D eigenvalue weighted by Gasteiger charge is 2.22. The Morgan fingerprint density at radius 2 is 1.97 bits per heavy atom. The molecule has 1 aliphatic carbocycles. The highest BCUT2D eigenvalue weighted by Crippen LogP contribution is 2.37. The number of methoxy groups -OCH3 is 1. The number of aliphatic hydroxyl groups is 1. The van der Waals surface area contributed by atoms with Crippen LogP contribution in [0, 0.1) is 0 Å². The highest BCUT2D eigenvalue weighted by molar-refractivity contribution is 9.10. The number of aliphatic hydroxyl groups excluding tert-OH is 1. The molecule has 2 heterocycles. The molecule has 0 saturated heterocycles. The van der Waals surface area contributed by atoms with Gasteiger partial charge in [-0.05, 0) is 61.5 Å². The molecule has 1 saturated carbocycles. The normalized spacial score (nSPS) is 19.1. The molecule has 0 unspecified atom stereocenters. The quantitative estimate of drug-likeness (QED) is 0.415. The van der Waals surface area contributed by atoms with Crippen molar-refractivity contribution < 1.29 is 9.84 Å². The zero-order valence-electron chi connectivity index (χ0n) is 17.7. The molecule has 3 aromatic rings. The maximum Gasteiger partial charge on any atom is 0.227 e. The van der Waals surface area contributed by atoms with Crippen molar-refractivity contribution in [1.82, 2.24) is 19.5 Å². The van der Waals surface area contributed by atoms with E-state index in [2.05, 4.69) is 45.4 Å². The molecule has 1 aromatic carbocycles. The van der Waals surface area contributed by atoms with Crippen molar-refractivity contribution in [1.29, 1.82) is 0 Å². The lowest BCUT2D eigenvalue weighted by Crippen LogP contribution is -2.29. The molecule has 8 nitrogen and oxygen atoms in total. The van der Waals surface area contributed by atoms with E-state index >= 15 is 0 Å². The van der Waals surface area contributed by atoms with Gasteiger partial charge in [0, 0.05) is 28.3 Å². The number of benzene rings is 1. The van der Waals surface area contributed by atoms with Gasteiger partial charge in [-0.1, -0.05) is 11.6 Å². The predicted molar refractivity (Wildman–Crippen MR) is 127 cm³/mol. The monoisotopic (exact) mass is 508 g/mol. The number of hydrogen-bond donors (Lipinski definition) is 3. The Balaban J connectivity index is 1.72. The van der Waals surface area contributed by atoms with Crippen molar-refractivity contribution in [2.75, 3.05) is 17.7 Å². The van der Waals surface area contributed by atoms with Gasteiger partial charge in [0.2, 0.25) is 5.95 Å². The Labute approximate surface area is 194 Å². The summed E-state index contributed by atoms with van der Waals surface area (Å²) in [6, 6.07) is 4.12. The fourth-order valence-corrected chi connectivity index (χ4v) is 4.40. The van der Waals surface area contributed by atoms with Crippen LogP contribution in [0.2, 0.25) is 5.02 Å². The third-order valence-corrected chi connectivity index (χ3v) is 6.73. The van der Waals surface area contributed by atoms with Gasteiger partial charge in [0.05, 0.1) is 24.6 Å². The van der Waals surface area contributed by atoms with E-state index in [1.165, 1.54) is 0 Å². The molecule has 3 N–H and O–H groups in total. The zero-order valence-corrected chi connectivity index (χ0v) is 20.0. The topological polar surface area (TPSA) is 97.1 Å². The Kier molecular flexibility index (Phi) is 6.55. The number of halogens is 2. The van der Waals surface area contributed by atoms with Gasteiger partial charge in [0.25, 0.3) is 0 Å². The van der Waals surface area contributed by atoms with E-state index in [9.17, 15) is 5.11 Å². The first-order valence-corrected chi connectivity index (χ1v) is 11.5. The molecule has 10 heteroatoms. The standard InChI is InChI=1S/C21H26BrClN6O2/c1-11(2)29-10-24-18-19(25-13-8-15(22)17(23)16(9-13)31-3)27-21(28-20(18)29)26-12-4-6-14(30)7-5-12/h8-12,14,30H,4-7H2,1-3H3,(H2,25,26,27,28). The summed E-state index contributed by atoms with van der Waals surface area (Å²) in [6.07, 6.45) is 4.92. The summed E-state index contributed by atoms with van der Waals surface area (Å²) in [7, 11) is 1.58. The number of hydrogen-bond acceptors (Lipinski definition) is 7. The smallest absolute Gasteiger partial charge is 0.227 e. The number of nitrogens with one attached hydrogen (secondary N) is 2. The maximum absolute atomic E-state index is 9.79. The van der Waals surface area contributed by atoms with Crippen LogP contribution in [0.15, 0.2) is 22.9 Å². The fraction of sp³-hybridized carbons (Fsp3) is 0.476. The second kappa shape index (κ2) is 9.18. The average molecular weight is 510 g/mol. The van der Waals surface area contributed by atoms with Crippen LogP contribution >= 0.6 is 27.5 Å². The van der Waals surface area contributed by atoms with Gasteiger partial charge in [-0.2, -0.15) is 9.97 Å². The molecular formula is C21H26BrClN6O2. The lowest BCUT2D eigenvalue weighted by atomic mass is 9.93. The maximum atomic E-state index is 9.79. The summed E-state index contributed by atoms with van der Waals surface area (Å²) >= 11 is 9.75. The van der Waals surface area contributed by atoms with Gasteiger partial charge in [-0.15, -0.1) is 0 Å². The van der Waals surface area contributed by atoms with E-state index in [0.29, 0.717) is 32.5 Å². The van der Waals surface area contributed by atoms with Crippen LogP contribution in [0.25, 0.3) is 11.2 Å². The van der Waals surface area contributed by atoms with Crippen LogP contribution in [-0.4, -0.2) is 43.9 Å². The van der Waals surface area contributed by atoms with E-state index in [1.54, 1.807) is 13.4 Å². The van der Waals surface area contributed by atoms with Crippen molar-refractivity contribution >= 4 is 56.1 Å². The third kappa shape index (κ3) is 4.73. The number of rotatable bonds is 6.